The van der Waals surface area contributed by atoms with Crippen LogP contribution in [0.3, 0.4) is 0 Å². The summed E-state index contributed by atoms with van der Waals surface area (Å²) < 4.78 is 2.99. The zero-order valence-corrected chi connectivity index (χ0v) is 10.4. The molecule has 0 aliphatic heterocycles. The highest BCUT2D eigenvalue weighted by atomic mass is 35.6. The van der Waals surface area contributed by atoms with Gasteiger partial charge in [0.1, 0.15) is 0 Å². The van der Waals surface area contributed by atoms with Crippen molar-refractivity contribution in [2.45, 2.75) is 42.0 Å². The highest BCUT2D eigenvalue weighted by Crippen LogP contribution is 2.41. The molecule has 0 amide bonds. The number of hydrogen-bond donors (Lipinski definition) is 1. The SMILES string of the molecule is O=C(O)OC(C1CCCCC1)C(Cl)(Cl)Cl. The molecule has 88 valence electrons. The molecule has 1 aliphatic rings. The summed E-state index contributed by atoms with van der Waals surface area (Å²) in [7, 11) is 0. The summed E-state index contributed by atoms with van der Waals surface area (Å²) in [6.07, 6.45) is 2.67. The zero-order valence-electron chi connectivity index (χ0n) is 8.09. The Labute approximate surface area is 104 Å². The first kappa shape index (κ1) is 13.2. The average Bonchev–Trinajstić information content (AvgIpc) is 2.14. The predicted molar refractivity (Wildman–Crippen MR) is 59.8 cm³/mol. The molecule has 6 heteroatoms. The van der Waals surface area contributed by atoms with E-state index in [-0.39, 0.29) is 5.92 Å². The minimum atomic E-state index is -1.68. The smallest absolute Gasteiger partial charge is 0.450 e. The molecular formula is C9H13Cl3O3. The van der Waals surface area contributed by atoms with Crippen LogP contribution in [0.1, 0.15) is 32.1 Å². The van der Waals surface area contributed by atoms with E-state index in [4.69, 9.17) is 39.9 Å². The van der Waals surface area contributed by atoms with Crippen LogP contribution in [0.15, 0.2) is 0 Å². The molecule has 0 spiro atoms. The fourth-order valence-corrected chi connectivity index (χ4v) is 2.64. The lowest BCUT2D eigenvalue weighted by Gasteiger charge is -2.33. The Balaban J connectivity index is 2.66. The first-order chi connectivity index (χ1) is 6.91. The summed E-state index contributed by atoms with van der Waals surface area (Å²) >= 11 is 17.2. The first-order valence-electron chi connectivity index (χ1n) is 4.87. The quantitative estimate of drug-likeness (QED) is 0.612. The molecule has 1 unspecified atom stereocenters. The Kier molecular flexibility index (Phi) is 4.81. The van der Waals surface area contributed by atoms with Crippen LogP contribution in [0.5, 0.6) is 0 Å². The Hall–Kier alpha value is 0.140. The summed E-state index contributed by atoms with van der Waals surface area (Å²) in [6, 6.07) is 0. The molecule has 0 bridgehead atoms. The van der Waals surface area contributed by atoms with Crippen molar-refractivity contribution in [1.29, 1.82) is 0 Å². The van der Waals surface area contributed by atoms with Crippen molar-refractivity contribution < 1.29 is 14.6 Å². The summed E-state index contributed by atoms with van der Waals surface area (Å²) in [4.78, 5) is 10.5. The highest BCUT2D eigenvalue weighted by Gasteiger charge is 2.42. The van der Waals surface area contributed by atoms with Crippen molar-refractivity contribution in [3.63, 3.8) is 0 Å². The van der Waals surface area contributed by atoms with Crippen LogP contribution in [0.4, 0.5) is 4.79 Å². The van der Waals surface area contributed by atoms with Crippen LogP contribution < -0.4 is 0 Å². The maximum absolute atomic E-state index is 10.5. The van der Waals surface area contributed by atoms with Crippen LogP contribution in [-0.2, 0) is 4.74 Å². The third-order valence-corrected chi connectivity index (χ3v) is 3.27. The van der Waals surface area contributed by atoms with E-state index in [2.05, 4.69) is 4.74 Å². The van der Waals surface area contributed by atoms with Gasteiger partial charge in [-0.3, -0.25) is 0 Å². The monoisotopic (exact) mass is 274 g/mol. The number of halogens is 3. The molecule has 1 N–H and O–H groups in total. The second-order valence-electron chi connectivity index (χ2n) is 3.74. The van der Waals surface area contributed by atoms with Crippen molar-refractivity contribution >= 4 is 41.0 Å². The van der Waals surface area contributed by atoms with Gasteiger partial charge in [0.2, 0.25) is 3.79 Å². The lowest BCUT2D eigenvalue weighted by atomic mass is 9.85. The summed E-state index contributed by atoms with van der Waals surface area (Å²) in [5, 5.41) is 8.58. The van der Waals surface area contributed by atoms with E-state index in [1.165, 1.54) is 0 Å². The van der Waals surface area contributed by atoms with Crippen LogP contribution in [0.2, 0.25) is 0 Å². The molecule has 0 aromatic rings. The van der Waals surface area contributed by atoms with Gasteiger partial charge in [-0.1, -0.05) is 54.1 Å². The largest absolute Gasteiger partial charge is 0.506 e. The Morgan fingerprint density at radius 2 is 1.80 bits per heavy atom. The highest BCUT2D eigenvalue weighted by molar-refractivity contribution is 6.68. The van der Waals surface area contributed by atoms with Crippen molar-refractivity contribution in [1.82, 2.24) is 0 Å². The molecule has 15 heavy (non-hydrogen) atoms. The van der Waals surface area contributed by atoms with Gasteiger partial charge < -0.3 is 9.84 Å². The number of carbonyl (C=O) groups is 1. The minimum Gasteiger partial charge on any atom is -0.450 e. The number of ether oxygens (including phenoxy) is 1. The van der Waals surface area contributed by atoms with Crippen LogP contribution in [0, 0.1) is 5.92 Å². The fourth-order valence-electron chi connectivity index (χ4n) is 1.98. The molecule has 0 aromatic heterocycles. The van der Waals surface area contributed by atoms with Crippen molar-refractivity contribution in [3.05, 3.63) is 0 Å². The van der Waals surface area contributed by atoms with Crippen LogP contribution >= 0.6 is 34.8 Å². The zero-order chi connectivity index (χ0) is 11.5. The van der Waals surface area contributed by atoms with Gasteiger partial charge in [-0.05, 0) is 12.8 Å². The normalized spacial score (nSPS) is 21.0. The van der Waals surface area contributed by atoms with Gasteiger partial charge in [0.05, 0.1) is 0 Å². The van der Waals surface area contributed by atoms with E-state index in [0.717, 1.165) is 32.1 Å². The molecule has 0 aromatic carbocycles. The van der Waals surface area contributed by atoms with E-state index in [0.29, 0.717) is 0 Å². The predicted octanol–water partition coefficient (Wildman–Crippen LogP) is 4.00. The van der Waals surface area contributed by atoms with Gasteiger partial charge in [0.25, 0.3) is 0 Å². The van der Waals surface area contributed by atoms with Crippen LogP contribution in [0.25, 0.3) is 0 Å². The molecule has 1 saturated carbocycles. The maximum Gasteiger partial charge on any atom is 0.506 e. The molecule has 1 fully saturated rings. The van der Waals surface area contributed by atoms with E-state index < -0.39 is 16.1 Å². The Bertz CT molecular complexity index is 221. The first-order valence-corrected chi connectivity index (χ1v) is 6.01. The maximum atomic E-state index is 10.5. The van der Waals surface area contributed by atoms with E-state index in [1.807, 2.05) is 0 Å². The Morgan fingerprint density at radius 1 is 1.27 bits per heavy atom. The molecule has 0 saturated heterocycles. The van der Waals surface area contributed by atoms with Crippen molar-refractivity contribution in [3.8, 4) is 0 Å². The van der Waals surface area contributed by atoms with Gasteiger partial charge >= 0.3 is 6.16 Å². The standard InChI is InChI=1S/C9H13Cl3O3/c10-9(11,12)7(15-8(13)14)6-4-2-1-3-5-6/h6-7H,1-5H2,(H,13,14). The minimum absolute atomic E-state index is 0.0161. The van der Waals surface area contributed by atoms with Gasteiger partial charge in [0, 0.05) is 5.92 Å². The second kappa shape index (κ2) is 5.46. The summed E-state index contributed by atoms with van der Waals surface area (Å²) in [6.45, 7) is 0. The molecular weight excluding hydrogens is 262 g/mol. The third kappa shape index (κ3) is 4.25. The van der Waals surface area contributed by atoms with Gasteiger partial charge in [0.15, 0.2) is 6.10 Å². The molecule has 0 radical (unpaired) electrons. The molecule has 1 aliphatic carbocycles. The summed E-state index contributed by atoms with van der Waals surface area (Å²) in [5.41, 5.74) is 0. The van der Waals surface area contributed by atoms with Crippen molar-refractivity contribution in [2.75, 3.05) is 0 Å². The van der Waals surface area contributed by atoms with E-state index in [9.17, 15) is 4.79 Å². The Morgan fingerprint density at radius 3 is 2.20 bits per heavy atom. The molecule has 0 heterocycles. The van der Waals surface area contributed by atoms with Gasteiger partial charge in [-0.2, -0.15) is 0 Å². The lowest BCUT2D eigenvalue weighted by molar-refractivity contribution is 0.0171. The van der Waals surface area contributed by atoms with Crippen LogP contribution in [-0.4, -0.2) is 21.2 Å². The number of rotatable bonds is 2. The van der Waals surface area contributed by atoms with E-state index in [1.54, 1.807) is 0 Å². The van der Waals surface area contributed by atoms with Crippen molar-refractivity contribution in [2.24, 2.45) is 5.92 Å². The lowest BCUT2D eigenvalue weighted by Crippen LogP contribution is -2.38. The summed E-state index contributed by atoms with van der Waals surface area (Å²) in [5.74, 6) is 0.0161. The van der Waals surface area contributed by atoms with E-state index >= 15 is 0 Å². The van der Waals surface area contributed by atoms with Gasteiger partial charge in [-0.15, -0.1) is 0 Å². The fraction of sp³-hybridized carbons (Fsp3) is 0.889. The molecule has 3 nitrogen and oxygen atoms in total. The molecule has 1 rings (SSSR count). The average molecular weight is 276 g/mol. The number of alkyl halides is 3. The second-order valence-corrected chi connectivity index (χ2v) is 6.11. The number of carboxylic acid groups (broad SMARTS) is 1. The molecule has 1 atom stereocenters. The van der Waals surface area contributed by atoms with Gasteiger partial charge in [-0.25, -0.2) is 4.79 Å². The number of hydrogen-bond acceptors (Lipinski definition) is 2. The third-order valence-electron chi connectivity index (χ3n) is 2.63. The topological polar surface area (TPSA) is 46.5 Å².